The molecule has 2 rings (SSSR count). The van der Waals surface area contributed by atoms with Crippen LogP contribution in [-0.2, 0) is 17.9 Å². The monoisotopic (exact) mass is 401 g/mol. The Balaban J connectivity index is 1.92. The molecule has 0 fully saturated rings. The van der Waals surface area contributed by atoms with E-state index in [0.717, 1.165) is 19.3 Å². The number of rotatable bonds is 11. The standard InChI is InChI=1S/C22H28FN3O3/c1-3-4-5-6-7-13-29-19-10-8-9-16(20(19)23)14-25-22(27)18-12-11-17(15-28-2)26-21(18)24/h3-4,8-12H,5-7,13-15H2,1-2H3,(H2,24,26)(H,25,27)/b4-3+. The molecule has 29 heavy (non-hydrogen) atoms. The summed E-state index contributed by atoms with van der Waals surface area (Å²) >= 11 is 0. The Labute approximate surface area is 170 Å². The number of carbonyl (C=O) groups is 1. The van der Waals surface area contributed by atoms with E-state index in [9.17, 15) is 9.18 Å². The molecule has 6 nitrogen and oxygen atoms in total. The molecule has 0 saturated carbocycles. The number of methoxy groups -OCH3 is 1. The number of nitrogens with one attached hydrogen (secondary N) is 1. The smallest absolute Gasteiger partial charge is 0.255 e. The van der Waals surface area contributed by atoms with Crippen LogP contribution in [0.2, 0.25) is 0 Å². The average Bonchev–Trinajstić information content (AvgIpc) is 2.71. The first-order valence-corrected chi connectivity index (χ1v) is 9.60. The minimum Gasteiger partial charge on any atom is -0.491 e. The van der Waals surface area contributed by atoms with E-state index in [1.165, 1.54) is 0 Å². The topological polar surface area (TPSA) is 86.5 Å². The zero-order chi connectivity index (χ0) is 21.1. The van der Waals surface area contributed by atoms with Crippen molar-refractivity contribution in [2.75, 3.05) is 19.5 Å². The van der Waals surface area contributed by atoms with E-state index in [2.05, 4.69) is 16.4 Å². The van der Waals surface area contributed by atoms with Crippen molar-refractivity contribution in [3.05, 3.63) is 65.1 Å². The number of hydrogen-bond donors (Lipinski definition) is 2. The van der Waals surface area contributed by atoms with Crippen LogP contribution in [0.1, 0.15) is 47.8 Å². The van der Waals surface area contributed by atoms with Gasteiger partial charge in [0.15, 0.2) is 11.6 Å². The first-order valence-electron chi connectivity index (χ1n) is 9.60. The second kappa shape index (κ2) is 11.8. The van der Waals surface area contributed by atoms with Crippen molar-refractivity contribution in [2.45, 2.75) is 39.3 Å². The minimum absolute atomic E-state index is 0.0163. The molecule has 7 heteroatoms. The summed E-state index contributed by atoms with van der Waals surface area (Å²) in [6, 6.07) is 8.14. The van der Waals surface area contributed by atoms with Gasteiger partial charge < -0.3 is 20.5 Å². The summed E-state index contributed by atoms with van der Waals surface area (Å²) in [6.45, 7) is 2.75. The van der Waals surface area contributed by atoms with Crippen LogP contribution >= 0.6 is 0 Å². The van der Waals surface area contributed by atoms with Gasteiger partial charge in [-0.15, -0.1) is 0 Å². The quantitative estimate of drug-likeness (QED) is 0.439. The number of ether oxygens (including phenoxy) is 2. The zero-order valence-corrected chi connectivity index (χ0v) is 16.9. The summed E-state index contributed by atoms with van der Waals surface area (Å²) < 4.78 is 25.2. The van der Waals surface area contributed by atoms with Crippen molar-refractivity contribution in [3.8, 4) is 5.75 Å². The van der Waals surface area contributed by atoms with Crippen molar-refractivity contribution >= 4 is 11.7 Å². The molecule has 0 spiro atoms. The lowest BCUT2D eigenvalue weighted by Gasteiger charge is -2.12. The van der Waals surface area contributed by atoms with Crippen molar-refractivity contribution < 1.29 is 18.7 Å². The number of hydrogen-bond acceptors (Lipinski definition) is 5. The van der Waals surface area contributed by atoms with Crippen LogP contribution in [0.4, 0.5) is 10.2 Å². The van der Waals surface area contributed by atoms with Gasteiger partial charge in [0.1, 0.15) is 5.82 Å². The molecule has 0 aliphatic carbocycles. The molecule has 1 amide bonds. The molecule has 1 aromatic carbocycles. The van der Waals surface area contributed by atoms with Crippen LogP contribution in [0.15, 0.2) is 42.5 Å². The van der Waals surface area contributed by atoms with Crippen LogP contribution in [0.5, 0.6) is 5.75 Å². The molecular weight excluding hydrogens is 373 g/mol. The lowest BCUT2D eigenvalue weighted by molar-refractivity contribution is 0.0951. The SMILES string of the molecule is C/C=C/CCCCOc1cccc(CNC(=O)c2ccc(COC)nc2N)c1F. The summed E-state index contributed by atoms with van der Waals surface area (Å²) in [5.74, 6) is -0.600. The second-order valence-corrected chi connectivity index (χ2v) is 6.49. The molecule has 1 heterocycles. The maximum Gasteiger partial charge on any atom is 0.255 e. The number of nitrogens with two attached hydrogens (primary N) is 1. The van der Waals surface area contributed by atoms with E-state index in [1.54, 1.807) is 37.4 Å². The van der Waals surface area contributed by atoms with Gasteiger partial charge in [0.05, 0.1) is 24.5 Å². The molecule has 1 aromatic heterocycles. The predicted molar refractivity (Wildman–Crippen MR) is 111 cm³/mol. The van der Waals surface area contributed by atoms with E-state index in [4.69, 9.17) is 15.2 Å². The number of unbranched alkanes of at least 4 members (excludes halogenated alkanes) is 2. The first-order chi connectivity index (χ1) is 14.1. The Hall–Kier alpha value is -2.93. The molecule has 0 bridgehead atoms. The second-order valence-electron chi connectivity index (χ2n) is 6.49. The third kappa shape index (κ3) is 6.87. The van der Waals surface area contributed by atoms with E-state index in [0.29, 0.717) is 24.5 Å². The highest BCUT2D eigenvalue weighted by Crippen LogP contribution is 2.21. The Kier molecular flexibility index (Phi) is 9.11. The molecule has 156 valence electrons. The Morgan fingerprint density at radius 2 is 2.10 bits per heavy atom. The molecule has 0 unspecified atom stereocenters. The lowest BCUT2D eigenvalue weighted by Crippen LogP contribution is -2.25. The number of allylic oxidation sites excluding steroid dienone is 2. The molecule has 0 radical (unpaired) electrons. The number of carbonyl (C=O) groups excluding carboxylic acids is 1. The fourth-order valence-corrected chi connectivity index (χ4v) is 2.73. The van der Waals surface area contributed by atoms with Crippen LogP contribution < -0.4 is 15.8 Å². The third-order valence-electron chi connectivity index (χ3n) is 4.26. The minimum atomic E-state index is -0.470. The number of anilines is 1. The van der Waals surface area contributed by atoms with E-state index < -0.39 is 11.7 Å². The first kappa shape index (κ1) is 22.4. The molecule has 0 aliphatic rings. The third-order valence-corrected chi connectivity index (χ3v) is 4.26. The number of benzene rings is 1. The number of aromatic nitrogens is 1. The van der Waals surface area contributed by atoms with Gasteiger partial charge in [-0.25, -0.2) is 9.37 Å². The van der Waals surface area contributed by atoms with E-state index in [-0.39, 0.29) is 23.7 Å². The van der Waals surface area contributed by atoms with E-state index in [1.807, 2.05) is 13.0 Å². The Morgan fingerprint density at radius 3 is 2.83 bits per heavy atom. The summed E-state index contributed by atoms with van der Waals surface area (Å²) in [4.78, 5) is 16.5. The maximum atomic E-state index is 14.6. The van der Waals surface area contributed by atoms with Crippen LogP contribution in [0.25, 0.3) is 0 Å². The van der Waals surface area contributed by atoms with Crippen LogP contribution in [0.3, 0.4) is 0 Å². The number of amides is 1. The molecule has 0 atom stereocenters. The van der Waals surface area contributed by atoms with Gasteiger partial charge in [0.25, 0.3) is 5.91 Å². The molecule has 3 N–H and O–H groups in total. The van der Waals surface area contributed by atoms with Gasteiger partial charge in [0, 0.05) is 19.2 Å². The highest BCUT2D eigenvalue weighted by atomic mass is 19.1. The van der Waals surface area contributed by atoms with Gasteiger partial charge in [-0.3, -0.25) is 4.79 Å². The van der Waals surface area contributed by atoms with Crippen LogP contribution in [0, 0.1) is 5.82 Å². The maximum absolute atomic E-state index is 14.6. The number of halogens is 1. The van der Waals surface area contributed by atoms with Crippen LogP contribution in [-0.4, -0.2) is 24.6 Å². The Bertz CT molecular complexity index is 840. The van der Waals surface area contributed by atoms with Gasteiger partial charge in [0.2, 0.25) is 0 Å². The normalized spacial score (nSPS) is 11.0. The summed E-state index contributed by atoms with van der Waals surface area (Å²) in [5.41, 5.74) is 7.05. The average molecular weight is 401 g/mol. The number of nitrogen functional groups attached to an aromatic ring is 1. The predicted octanol–water partition coefficient (Wildman–Crippen LogP) is 4.00. The summed E-state index contributed by atoms with van der Waals surface area (Å²) in [7, 11) is 1.55. The summed E-state index contributed by atoms with van der Waals surface area (Å²) in [5, 5.41) is 2.67. The van der Waals surface area contributed by atoms with Gasteiger partial charge in [-0.05, 0) is 44.4 Å². The van der Waals surface area contributed by atoms with Crippen molar-refractivity contribution in [1.82, 2.24) is 10.3 Å². The molecule has 2 aromatic rings. The highest BCUT2D eigenvalue weighted by Gasteiger charge is 2.14. The van der Waals surface area contributed by atoms with Crippen molar-refractivity contribution in [3.63, 3.8) is 0 Å². The fourth-order valence-electron chi connectivity index (χ4n) is 2.73. The van der Waals surface area contributed by atoms with E-state index >= 15 is 0 Å². The summed E-state index contributed by atoms with van der Waals surface area (Å²) in [6.07, 6.45) is 6.92. The van der Waals surface area contributed by atoms with Gasteiger partial charge >= 0.3 is 0 Å². The molecule has 0 aliphatic heterocycles. The largest absolute Gasteiger partial charge is 0.491 e. The van der Waals surface area contributed by atoms with Crippen molar-refractivity contribution in [1.29, 1.82) is 0 Å². The molecular formula is C22H28FN3O3. The fraction of sp³-hybridized carbons (Fsp3) is 0.364. The lowest BCUT2D eigenvalue weighted by atomic mass is 10.1. The van der Waals surface area contributed by atoms with Gasteiger partial charge in [-0.2, -0.15) is 0 Å². The highest BCUT2D eigenvalue weighted by molar-refractivity contribution is 5.98. The van der Waals surface area contributed by atoms with Crippen molar-refractivity contribution in [2.24, 2.45) is 0 Å². The molecule has 0 saturated heterocycles. The number of nitrogens with zero attached hydrogens (tertiary/aromatic N) is 1. The number of pyridine rings is 1. The Morgan fingerprint density at radius 1 is 1.28 bits per heavy atom. The zero-order valence-electron chi connectivity index (χ0n) is 16.9. The van der Waals surface area contributed by atoms with Gasteiger partial charge in [-0.1, -0.05) is 24.3 Å².